The Morgan fingerprint density at radius 2 is 1.88 bits per heavy atom. The van der Waals surface area contributed by atoms with Crippen molar-refractivity contribution >= 4 is 5.82 Å². The second-order valence-corrected chi connectivity index (χ2v) is 7.57. The minimum absolute atomic E-state index is 0.217. The first kappa shape index (κ1) is 16.5. The Kier molecular flexibility index (Phi) is 4.44. The molecule has 2 fully saturated rings. The zero-order valence-electron chi connectivity index (χ0n) is 15.0. The monoisotopic (exact) mass is 338 g/mol. The zero-order valence-corrected chi connectivity index (χ0v) is 15.0. The molecule has 5 heteroatoms. The van der Waals surface area contributed by atoms with Gasteiger partial charge in [0.15, 0.2) is 0 Å². The molecule has 1 aliphatic carbocycles. The van der Waals surface area contributed by atoms with E-state index in [0.29, 0.717) is 12.1 Å². The number of ether oxygens (including phenoxy) is 1. The highest BCUT2D eigenvalue weighted by Crippen LogP contribution is 2.45. The standard InChI is InChI=1S/C20H26N4O/c1-20(2)17(13-18(20)24-8-10-25-11-9-24)23-19-12-16(21-14-22-19)15-6-4-3-5-7-15/h3-7,12,14,17-18H,8-11,13H2,1-2H3,(H,21,22,23). The third kappa shape index (κ3) is 3.26. The summed E-state index contributed by atoms with van der Waals surface area (Å²) in [5.74, 6) is 0.910. The van der Waals surface area contributed by atoms with Gasteiger partial charge in [-0.2, -0.15) is 0 Å². The second kappa shape index (κ2) is 6.73. The largest absolute Gasteiger partial charge is 0.379 e. The summed E-state index contributed by atoms with van der Waals surface area (Å²) in [6, 6.07) is 13.3. The lowest BCUT2D eigenvalue weighted by atomic mass is 9.62. The number of nitrogens with zero attached hydrogens (tertiary/aromatic N) is 3. The lowest BCUT2D eigenvalue weighted by Gasteiger charge is -2.57. The van der Waals surface area contributed by atoms with Crippen molar-refractivity contribution in [3.63, 3.8) is 0 Å². The lowest BCUT2D eigenvalue weighted by Crippen LogP contribution is -2.65. The number of hydrogen-bond acceptors (Lipinski definition) is 5. The molecule has 2 heterocycles. The van der Waals surface area contributed by atoms with Crippen LogP contribution in [0.1, 0.15) is 20.3 Å². The van der Waals surface area contributed by atoms with Gasteiger partial charge in [-0.1, -0.05) is 44.2 Å². The maximum Gasteiger partial charge on any atom is 0.130 e. The minimum atomic E-state index is 0.217. The Morgan fingerprint density at radius 3 is 2.60 bits per heavy atom. The molecule has 1 aromatic carbocycles. The molecule has 2 atom stereocenters. The molecular weight excluding hydrogens is 312 g/mol. The predicted molar refractivity (Wildman–Crippen MR) is 99.5 cm³/mol. The first-order valence-corrected chi connectivity index (χ1v) is 9.10. The molecular formula is C20H26N4O. The molecule has 25 heavy (non-hydrogen) atoms. The first-order chi connectivity index (χ1) is 12.1. The van der Waals surface area contributed by atoms with E-state index in [1.54, 1.807) is 6.33 Å². The molecule has 5 nitrogen and oxygen atoms in total. The number of anilines is 1. The Hall–Kier alpha value is -1.98. The number of morpholine rings is 1. The molecule has 0 radical (unpaired) electrons. The summed E-state index contributed by atoms with van der Waals surface area (Å²) in [5, 5.41) is 3.64. The molecule has 4 rings (SSSR count). The van der Waals surface area contributed by atoms with Crippen molar-refractivity contribution in [2.45, 2.75) is 32.4 Å². The molecule has 1 aromatic heterocycles. The van der Waals surface area contributed by atoms with Gasteiger partial charge in [-0.15, -0.1) is 0 Å². The van der Waals surface area contributed by atoms with E-state index in [1.807, 2.05) is 24.3 Å². The third-order valence-electron chi connectivity index (χ3n) is 5.76. The van der Waals surface area contributed by atoms with E-state index in [9.17, 15) is 0 Å². The van der Waals surface area contributed by atoms with E-state index in [0.717, 1.165) is 49.8 Å². The summed E-state index contributed by atoms with van der Waals surface area (Å²) >= 11 is 0. The van der Waals surface area contributed by atoms with Crippen LogP contribution in [0.2, 0.25) is 0 Å². The average Bonchev–Trinajstić information content (AvgIpc) is 2.66. The molecule has 132 valence electrons. The van der Waals surface area contributed by atoms with Crippen LogP contribution in [0.25, 0.3) is 11.3 Å². The van der Waals surface area contributed by atoms with E-state index in [1.165, 1.54) is 0 Å². The summed E-state index contributed by atoms with van der Waals surface area (Å²) in [5.41, 5.74) is 2.29. The van der Waals surface area contributed by atoms with Crippen molar-refractivity contribution < 1.29 is 4.74 Å². The topological polar surface area (TPSA) is 50.3 Å². The fourth-order valence-electron chi connectivity index (χ4n) is 4.04. The van der Waals surface area contributed by atoms with Crippen LogP contribution in [-0.2, 0) is 4.74 Å². The van der Waals surface area contributed by atoms with Gasteiger partial charge in [0, 0.05) is 42.2 Å². The summed E-state index contributed by atoms with van der Waals surface area (Å²) in [6.07, 6.45) is 2.80. The van der Waals surface area contributed by atoms with Crippen molar-refractivity contribution in [3.8, 4) is 11.3 Å². The van der Waals surface area contributed by atoms with Crippen LogP contribution < -0.4 is 5.32 Å². The summed E-state index contributed by atoms with van der Waals surface area (Å²) in [7, 11) is 0. The summed E-state index contributed by atoms with van der Waals surface area (Å²) in [6.45, 7) is 8.52. The molecule has 0 amide bonds. The first-order valence-electron chi connectivity index (χ1n) is 9.10. The smallest absolute Gasteiger partial charge is 0.130 e. The van der Waals surface area contributed by atoms with Crippen molar-refractivity contribution in [1.82, 2.24) is 14.9 Å². The van der Waals surface area contributed by atoms with E-state index in [2.05, 4.69) is 46.2 Å². The van der Waals surface area contributed by atoms with Gasteiger partial charge in [0.1, 0.15) is 12.1 Å². The van der Waals surface area contributed by atoms with Crippen LogP contribution in [0.4, 0.5) is 5.82 Å². The Balaban J connectivity index is 1.45. The molecule has 2 unspecified atom stereocenters. The van der Waals surface area contributed by atoms with Crippen LogP contribution >= 0.6 is 0 Å². The van der Waals surface area contributed by atoms with Gasteiger partial charge in [0.05, 0.1) is 18.9 Å². The van der Waals surface area contributed by atoms with Crippen molar-refractivity contribution in [1.29, 1.82) is 0 Å². The van der Waals surface area contributed by atoms with E-state index < -0.39 is 0 Å². The van der Waals surface area contributed by atoms with Crippen LogP contribution in [0.15, 0.2) is 42.7 Å². The van der Waals surface area contributed by atoms with Crippen molar-refractivity contribution in [2.75, 3.05) is 31.6 Å². The Morgan fingerprint density at radius 1 is 1.12 bits per heavy atom. The number of hydrogen-bond donors (Lipinski definition) is 1. The van der Waals surface area contributed by atoms with Gasteiger partial charge in [0.25, 0.3) is 0 Å². The normalized spacial score (nSPS) is 26.0. The summed E-state index contributed by atoms with van der Waals surface area (Å²) in [4.78, 5) is 11.4. The van der Waals surface area contributed by atoms with Crippen LogP contribution in [0.3, 0.4) is 0 Å². The Bertz CT molecular complexity index is 713. The number of aromatic nitrogens is 2. The fourth-order valence-corrected chi connectivity index (χ4v) is 4.04. The van der Waals surface area contributed by atoms with Crippen LogP contribution in [-0.4, -0.2) is 53.3 Å². The van der Waals surface area contributed by atoms with Gasteiger partial charge >= 0.3 is 0 Å². The van der Waals surface area contributed by atoms with Gasteiger partial charge in [-0.3, -0.25) is 4.90 Å². The molecule has 0 bridgehead atoms. The van der Waals surface area contributed by atoms with Crippen molar-refractivity contribution in [3.05, 3.63) is 42.7 Å². The molecule has 0 spiro atoms. The number of nitrogens with one attached hydrogen (secondary N) is 1. The maximum atomic E-state index is 5.49. The highest BCUT2D eigenvalue weighted by Gasteiger charge is 2.50. The van der Waals surface area contributed by atoms with E-state index in [4.69, 9.17) is 4.74 Å². The molecule has 2 aliphatic rings. The Labute approximate surface area is 149 Å². The second-order valence-electron chi connectivity index (χ2n) is 7.57. The number of rotatable bonds is 4. The molecule has 1 aliphatic heterocycles. The third-order valence-corrected chi connectivity index (χ3v) is 5.76. The molecule has 1 saturated carbocycles. The maximum absolute atomic E-state index is 5.49. The molecule has 1 saturated heterocycles. The van der Waals surface area contributed by atoms with Gasteiger partial charge in [-0.25, -0.2) is 9.97 Å². The quantitative estimate of drug-likeness (QED) is 0.928. The summed E-state index contributed by atoms with van der Waals surface area (Å²) < 4.78 is 5.49. The predicted octanol–water partition coefficient (Wildman–Crippen LogP) is 3.05. The van der Waals surface area contributed by atoms with E-state index in [-0.39, 0.29) is 5.41 Å². The van der Waals surface area contributed by atoms with Crippen molar-refractivity contribution in [2.24, 2.45) is 5.41 Å². The van der Waals surface area contributed by atoms with Gasteiger partial charge in [0.2, 0.25) is 0 Å². The zero-order chi connectivity index (χ0) is 17.3. The molecule has 2 aromatic rings. The highest BCUT2D eigenvalue weighted by molar-refractivity contribution is 5.62. The fraction of sp³-hybridized carbons (Fsp3) is 0.500. The van der Waals surface area contributed by atoms with Crippen LogP contribution in [0.5, 0.6) is 0 Å². The van der Waals surface area contributed by atoms with Gasteiger partial charge < -0.3 is 10.1 Å². The SMILES string of the molecule is CC1(C)C(Nc2cc(-c3ccccc3)ncn2)CC1N1CCOCC1. The van der Waals surface area contributed by atoms with E-state index >= 15 is 0 Å². The minimum Gasteiger partial charge on any atom is -0.379 e. The molecule has 1 N–H and O–H groups in total. The average molecular weight is 338 g/mol. The highest BCUT2D eigenvalue weighted by atomic mass is 16.5. The van der Waals surface area contributed by atoms with Gasteiger partial charge in [-0.05, 0) is 6.42 Å². The number of benzene rings is 1. The van der Waals surface area contributed by atoms with Crippen LogP contribution in [0, 0.1) is 5.41 Å². The lowest BCUT2D eigenvalue weighted by molar-refractivity contribution is -0.0636.